The van der Waals surface area contributed by atoms with Crippen molar-refractivity contribution in [2.75, 3.05) is 6.54 Å². The third-order valence-electron chi connectivity index (χ3n) is 1.08. The van der Waals surface area contributed by atoms with Crippen molar-refractivity contribution in [1.29, 1.82) is 0 Å². The van der Waals surface area contributed by atoms with Crippen molar-refractivity contribution in [1.82, 2.24) is 10.5 Å². The molecule has 0 radical (unpaired) electrons. The second kappa shape index (κ2) is 2.52. The quantitative estimate of drug-likeness (QED) is 0.396. The Morgan fingerprint density at radius 2 is 2.44 bits per heavy atom. The molecule has 4 heteroatoms. The smallest absolute Gasteiger partial charge is 0.0396 e. The first-order valence-corrected chi connectivity index (χ1v) is 2.70. The summed E-state index contributed by atoms with van der Waals surface area (Å²) in [7, 11) is 0. The van der Waals surface area contributed by atoms with Gasteiger partial charge in [-0.05, 0) is 11.6 Å². The minimum atomic E-state index is 0.539. The van der Waals surface area contributed by atoms with Gasteiger partial charge in [0, 0.05) is 18.9 Å². The molecule has 0 fully saturated rings. The molecule has 0 bridgehead atoms. The maximum Gasteiger partial charge on any atom is 0.0396 e. The molecule has 0 saturated carbocycles. The van der Waals surface area contributed by atoms with E-state index in [0.29, 0.717) is 6.54 Å². The summed E-state index contributed by atoms with van der Waals surface area (Å²) >= 11 is 0. The van der Waals surface area contributed by atoms with Crippen LogP contribution in [-0.2, 0) is 0 Å². The van der Waals surface area contributed by atoms with E-state index in [2.05, 4.69) is 5.43 Å². The van der Waals surface area contributed by atoms with Crippen LogP contribution < -0.4 is 17.0 Å². The minimum absolute atomic E-state index is 0.539. The summed E-state index contributed by atoms with van der Waals surface area (Å²) in [5.74, 6) is 5.30. The van der Waals surface area contributed by atoms with Crippen LogP contribution in [0.15, 0.2) is 24.0 Å². The minimum Gasteiger partial charge on any atom is -0.326 e. The molecule has 1 aliphatic rings. The zero-order valence-electron chi connectivity index (χ0n) is 5.04. The van der Waals surface area contributed by atoms with E-state index in [1.165, 1.54) is 5.12 Å². The molecule has 0 spiro atoms. The predicted molar refractivity (Wildman–Crippen MR) is 35.4 cm³/mol. The van der Waals surface area contributed by atoms with Gasteiger partial charge in [0.05, 0.1) is 0 Å². The van der Waals surface area contributed by atoms with E-state index in [0.717, 1.165) is 5.57 Å². The zero-order chi connectivity index (χ0) is 6.69. The van der Waals surface area contributed by atoms with Crippen molar-refractivity contribution >= 4 is 0 Å². The third-order valence-corrected chi connectivity index (χ3v) is 1.08. The summed E-state index contributed by atoms with van der Waals surface area (Å²) in [4.78, 5) is 0. The molecule has 0 aliphatic carbocycles. The first kappa shape index (κ1) is 6.12. The highest BCUT2D eigenvalue weighted by atomic mass is 15.6. The van der Waals surface area contributed by atoms with Crippen molar-refractivity contribution in [2.45, 2.75) is 0 Å². The monoisotopic (exact) mass is 126 g/mol. The van der Waals surface area contributed by atoms with E-state index in [9.17, 15) is 0 Å². The van der Waals surface area contributed by atoms with Gasteiger partial charge in [-0.15, -0.1) is 0 Å². The van der Waals surface area contributed by atoms with Crippen molar-refractivity contribution in [2.24, 2.45) is 11.6 Å². The van der Waals surface area contributed by atoms with Crippen LogP contribution in [0.1, 0.15) is 0 Å². The van der Waals surface area contributed by atoms with Gasteiger partial charge in [0.1, 0.15) is 0 Å². The van der Waals surface area contributed by atoms with Gasteiger partial charge >= 0.3 is 0 Å². The molecule has 1 rings (SSSR count). The Morgan fingerprint density at radius 1 is 1.67 bits per heavy atom. The average Bonchev–Trinajstić information content (AvgIpc) is 1.90. The van der Waals surface area contributed by atoms with Gasteiger partial charge in [0.15, 0.2) is 0 Å². The number of hydrogen-bond donors (Lipinski definition) is 3. The fraction of sp³-hybridized carbons (Fsp3) is 0.200. The van der Waals surface area contributed by atoms with E-state index >= 15 is 0 Å². The molecule has 0 atom stereocenters. The lowest BCUT2D eigenvalue weighted by Gasteiger charge is -2.17. The molecule has 0 aromatic carbocycles. The fourth-order valence-electron chi connectivity index (χ4n) is 0.552. The second-order valence-electron chi connectivity index (χ2n) is 1.78. The number of hydrogen-bond acceptors (Lipinski definition) is 4. The first-order valence-electron chi connectivity index (χ1n) is 2.70. The van der Waals surface area contributed by atoms with Crippen molar-refractivity contribution in [3.8, 4) is 0 Å². The molecule has 9 heavy (non-hydrogen) atoms. The van der Waals surface area contributed by atoms with Crippen molar-refractivity contribution in [3.63, 3.8) is 0 Å². The van der Waals surface area contributed by atoms with Gasteiger partial charge in [-0.1, -0.05) is 0 Å². The molecule has 4 nitrogen and oxygen atoms in total. The molecule has 0 saturated heterocycles. The molecule has 1 heterocycles. The highest BCUT2D eigenvalue weighted by Crippen LogP contribution is 1.96. The Kier molecular flexibility index (Phi) is 1.72. The van der Waals surface area contributed by atoms with Crippen LogP contribution >= 0.6 is 0 Å². The van der Waals surface area contributed by atoms with Gasteiger partial charge < -0.3 is 5.73 Å². The number of rotatable bonds is 1. The van der Waals surface area contributed by atoms with Crippen LogP contribution in [0.3, 0.4) is 0 Å². The van der Waals surface area contributed by atoms with Crippen LogP contribution in [-0.4, -0.2) is 11.7 Å². The highest BCUT2D eigenvalue weighted by molar-refractivity contribution is 5.20. The molecule has 50 valence electrons. The lowest BCUT2D eigenvalue weighted by atomic mass is 10.3. The second-order valence-corrected chi connectivity index (χ2v) is 1.78. The lowest BCUT2D eigenvalue weighted by molar-refractivity contribution is 0.323. The predicted octanol–water partition coefficient (Wildman–Crippen LogP) is -0.963. The van der Waals surface area contributed by atoms with Crippen LogP contribution in [0, 0.1) is 0 Å². The van der Waals surface area contributed by atoms with Crippen LogP contribution in [0.25, 0.3) is 0 Å². The maximum absolute atomic E-state index is 5.33. The van der Waals surface area contributed by atoms with Crippen LogP contribution in [0.2, 0.25) is 0 Å². The molecule has 1 aliphatic heterocycles. The lowest BCUT2D eigenvalue weighted by Crippen LogP contribution is -2.37. The van der Waals surface area contributed by atoms with Gasteiger partial charge in [0.25, 0.3) is 0 Å². The van der Waals surface area contributed by atoms with Crippen molar-refractivity contribution < 1.29 is 0 Å². The first-order chi connectivity index (χ1) is 4.33. The molecule has 0 aromatic heterocycles. The molecule has 5 N–H and O–H groups in total. The standard InChI is InChI=1S/C5H10N4/c6-3-5-1-2-9(7)8-4-5/h1-2,4,8H,3,6-7H2. The number of nitrogens with two attached hydrogens (primary N) is 2. The Bertz CT molecular complexity index is 149. The van der Waals surface area contributed by atoms with E-state index in [-0.39, 0.29) is 0 Å². The topological polar surface area (TPSA) is 67.3 Å². The normalized spacial score (nSPS) is 17.1. The van der Waals surface area contributed by atoms with Crippen LogP contribution in [0.5, 0.6) is 0 Å². The maximum atomic E-state index is 5.33. The van der Waals surface area contributed by atoms with E-state index in [1.807, 2.05) is 6.08 Å². The summed E-state index contributed by atoms with van der Waals surface area (Å²) < 4.78 is 0. The Labute approximate surface area is 53.7 Å². The molecular weight excluding hydrogens is 116 g/mol. The van der Waals surface area contributed by atoms with Gasteiger partial charge in [0.2, 0.25) is 0 Å². The Hall–Kier alpha value is -1.00. The van der Waals surface area contributed by atoms with Crippen LogP contribution in [0.4, 0.5) is 0 Å². The zero-order valence-corrected chi connectivity index (χ0v) is 5.04. The molecular formula is C5H10N4. The summed E-state index contributed by atoms with van der Waals surface area (Å²) in [5.41, 5.74) is 9.13. The fourth-order valence-corrected chi connectivity index (χ4v) is 0.552. The van der Waals surface area contributed by atoms with E-state index < -0.39 is 0 Å². The molecule has 0 aromatic rings. The number of nitrogens with zero attached hydrogens (tertiary/aromatic N) is 1. The Morgan fingerprint density at radius 3 is 2.89 bits per heavy atom. The number of hydrazine groups is 2. The van der Waals surface area contributed by atoms with E-state index in [1.54, 1.807) is 12.4 Å². The largest absolute Gasteiger partial charge is 0.326 e. The summed E-state index contributed by atoms with van der Waals surface area (Å²) in [6.07, 6.45) is 5.33. The highest BCUT2D eigenvalue weighted by Gasteiger charge is 1.95. The summed E-state index contributed by atoms with van der Waals surface area (Å²) in [6, 6.07) is 0. The van der Waals surface area contributed by atoms with Gasteiger partial charge in [-0.2, -0.15) is 0 Å². The average molecular weight is 126 g/mol. The summed E-state index contributed by atoms with van der Waals surface area (Å²) in [6.45, 7) is 0.539. The number of nitrogens with one attached hydrogen (secondary N) is 1. The summed E-state index contributed by atoms with van der Waals surface area (Å²) in [5, 5.41) is 1.36. The van der Waals surface area contributed by atoms with Gasteiger partial charge in [-0.25, -0.2) is 11.0 Å². The van der Waals surface area contributed by atoms with E-state index in [4.69, 9.17) is 11.6 Å². The SMILES string of the molecule is NCC1=CNN(N)C=C1. The third kappa shape index (κ3) is 1.45. The van der Waals surface area contributed by atoms with Gasteiger partial charge in [-0.3, -0.25) is 5.43 Å². The van der Waals surface area contributed by atoms with Crippen molar-refractivity contribution in [3.05, 3.63) is 24.0 Å². The molecule has 0 unspecified atom stereocenters. The Balaban J connectivity index is 2.52. The molecule has 0 amide bonds.